The van der Waals surface area contributed by atoms with Crippen LogP contribution in [0, 0.1) is 0 Å². The first-order chi connectivity index (χ1) is 8.74. The third-order valence-electron chi connectivity index (χ3n) is 3.08. The van der Waals surface area contributed by atoms with E-state index >= 15 is 0 Å². The lowest BCUT2D eigenvalue weighted by atomic mass is 10.0. The van der Waals surface area contributed by atoms with Gasteiger partial charge in [0.15, 0.2) is 0 Å². The maximum Gasteiger partial charge on any atom is 0.0641 e. The number of nitrogen functional groups attached to an aromatic ring is 1. The summed E-state index contributed by atoms with van der Waals surface area (Å²) in [5.74, 6) is 0. The van der Waals surface area contributed by atoms with E-state index in [2.05, 4.69) is 30.3 Å². The van der Waals surface area contributed by atoms with Crippen molar-refractivity contribution in [1.82, 2.24) is 0 Å². The summed E-state index contributed by atoms with van der Waals surface area (Å²) < 4.78 is 0. The van der Waals surface area contributed by atoms with Gasteiger partial charge in [-0.1, -0.05) is 54.1 Å². The first-order valence-electron chi connectivity index (χ1n) is 5.78. The normalized spacial score (nSPS) is 10.7. The van der Waals surface area contributed by atoms with E-state index in [-0.39, 0.29) is 0 Å². The van der Waals surface area contributed by atoms with Gasteiger partial charge in [-0.05, 0) is 40.1 Å². The zero-order valence-corrected chi connectivity index (χ0v) is 10.5. The van der Waals surface area contributed by atoms with Crippen LogP contribution in [0.4, 0.5) is 5.69 Å². The van der Waals surface area contributed by atoms with Crippen molar-refractivity contribution in [2.24, 2.45) is 0 Å². The third kappa shape index (κ3) is 1.93. The van der Waals surface area contributed by atoms with Gasteiger partial charge < -0.3 is 5.73 Å². The summed E-state index contributed by atoms with van der Waals surface area (Å²) in [5, 5.41) is 3.06. The molecule has 3 aromatic rings. The zero-order valence-electron chi connectivity index (χ0n) is 9.73. The smallest absolute Gasteiger partial charge is 0.0641 e. The van der Waals surface area contributed by atoms with E-state index in [1.54, 1.807) is 0 Å². The highest BCUT2D eigenvalue weighted by molar-refractivity contribution is 6.33. The van der Waals surface area contributed by atoms with Crippen molar-refractivity contribution in [1.29, 1.82) is 0 Å². The number of hydrogen-bond donors (Lipinski definition) is 1. The maximum atomic E-state index is 6.06. The number of benzene rings is 3. The summed E-state index contributed by atoms with van der Waals surface area (Å²) in [6.45, 7) is 0. The van der Waals surface area contributed by atoms with Gasteiger partial charge in [0.1, 0.15) is 0 Å². The third-order valence-corrected chi connectivity index (χ3v) is 3.41. The van der Waals surface area contributed by atoms with Gasteiger partial charge in [-0.3, -0.25) is 0 Å². The predicted octanol–water partition coefficient (Wildman–Crippen LogP) is 4.74. The SMILES string of the molecule is Nc1ccc(-c2ccc3ccccc3c2)cc1Cl. The van der Waals surface area contributed by atoms with Crippen molar-refractivity contribution in [3.63, 3.8) is 0 Å². The Labute approximate surface area is 111 Å². The fourth-order valence-electron chi connectivity index (χ4n) is 2.08. The minimum atomic E-state index is 0.598. The molecule has 0 saturated carbocycles. The predicted molar refractivity (Wildman–Crippen MR) is 78.8 cm³/mol. The minimum Gasteiger partial charge on any atom is -0.398 e. The molecular formula is C16H12ClN. The molecule has 0 heterocycles. The molecule has 0 saturated heterocycles. The fraction of sp³-hybridized carbons (Fsp3) is 0. The van der Waals surface area contributed by atoms with Crippen LogP contribution in [-0.2, 0) is 0 Å². The first-order valence-corrected chi connectivity index (χ1v) is 6.16. The molecule has 0 aromatic heterocycles. The van der Waals surface area contributed by atoms with Gasteiger partial charge >= 0.3 is 0 Å². The highest BCUT2D eigenvalue weighted by Crippen LogP contribution is 2.29. The summed E-state index contributed by atoms with van der Waals surface area (Å²) >= 11 is 6.06. The molecule has 0 amide bonds. The Kier molecular flexibility index (Phi) is 2.69. The van der Waals surface area contributed by atoms with Crippen molar-refractivity contribution in [2.75, 3.05) is 5.73 Å². The molecule has 2 heteroatoms. The average Bonchev–Trinajstić information content (AvgIpc) is 2.41. The highest BCUT2D eigenvalue weighted by Gasteiger charge is 2.02. The van der Waals surface area contributed by atoms with E-state index in [1.807, 2.05) is 30.3 Å². The van der Waals surface area contributed by atoms with E-state index in [0.29, 0.717) is 10.7 Å². The van der Waals surface area contributed by atoms with Crippen molar-refractivity contribution in [2.45, 2.75) is 0 Å². The molecule has 2 N–H and O–H groups in total. The van der Waals surface area contributed by atoms with Gasteiger partial charge in [0.2, 0.25) is 0 Å². The van der Waals surface area contributed by atoms with Gasteiger partial charge in [-0.2, -0.15) is 0 Å². The lowest BCUT2D eigenvalue weighted by molar-refractivity contribution is 1.63. The molecule has 0 fully saturated rings. The van der Waals surface area contributed by atoms with E-state index in [0.717, 1.165) is 11.1 Å². The molecule has 3 aromatic carbocycles. The highest BCUT2D eigenvalue weighted by atomic mass is 35.5. The van der Waals surface area contributed by atoms with Crippen LogP contribution in [0.3, 0.4) is 0 Å². The molecule has 3 rings (SSSR count). The van der Waals surface area contributed by atoms with Gasteiger partial charge in [0.25, 0.3) is 0 Å². The molecule has 0 unspecified atom stereocenters. The van der Waals surface area contributed by atoms with E-state index in [4.69, 9.17) is 17.3 Å². The molecule has 18 heavy (non-hydrogen) atoms. The topological polar surface area (TPSA) is 26.0 Å². The lowest BCUT2D eigenvalue weighted by Gasteiger charge is -2.06. The van der Waals surface area contributed by atoms with Gasteiger partial charge in [-0.15, -0.1) is 0 Å². The Hall–Kier alpha value is -1.99. The molecule has 1 nitrogen and oxygen atoms in total. The molecule has 0 spiro atoms. The lowest BCUT2D eigenvalue weighted by Crippen LogP contribution is -1.86. The molecule has 0 aliphatic carbocycles. The largest absolute Gasteiger partial charge is 0.398 e. The van der Waals surface area contributed by atoms with Crippen molar-refractivity contribution < 1.29 is 0 Å². The number of hydrogen-bond acceptors (Lipinski definition) is 1. The van der Waals surface area contributed by atoms with Crippen LogP contribution >= 0.6 is 11.6 Å². The summed E-state index contributed by atoms with van der Waals surface area (Å²) in [6, 6.07) is 20.4. The van der Waals surface area contributed by atoms with Gasteiger partial charge in [0.05, 0.1) is 10.7 Å². The molecule has 0 aliphatic heterocycles. The van der Waals surface area contributed by atoms with Crippen molar-refractivity contribution in [3.8, 4) is 11.1 Å². The van der Waals surface area contributed by atoms with Crippen molar-refractivity contribution in [3.05, 3.63) is 65.7 Å². The summed E-state index contributed by atoms with van der Waals surface area (Å²) in [4.78, 5) is 0. The quantitative estimate of drug-likeness (QED) is 0.623. The Morgan fingerprint density at radius 2 is 1.39 bits per heavy atom. The van der Waals surface area contributed by atoms with Crippen molar-refractivity contribution >= 4 is 28.1 Å². The minimum absolute atomic E-state index is 0.598. The van der Waals surface area contributed by atoms with E-state index in [9.17, 15) is 0 Å². The molecule has 0 aliphatic rings. The standard InChI is InChI=1S/C16H12ClN/c17-15-10-14(7-8-16(15)18)13-6-5-11-3-1-2-4-12(11)9-13/h1-10H,18H2. The monoisotopic (exact) mass is 253 g/mol. The number of fused-ring (bicyclic) bond motifs is 1. The van der Waals surface area contributed by atoms with Gasteiger partial charge in [0, 0.05) is 0 Å². The molecule has 0 radical (unpaired) electrons. The van der Waals surface area contributed by atoms with Crippen LogP contribution in [0.25, 0.3) is 21.9 Å². The Morgan fingerprint density at radius 1 is 0.722 bits per heavy atom. The Balaban J connectivity index is 2.16. The number of rotatable bonds is 1. The summed E-state index contributed by atoms with van der Waals surface area (Å²) in [5.41, 5.74) is 8.57. The maximum absolute atomic E-state index is 6.06. The molecule has 88 valence electrons. The van der Waals surface area contributed by atoms with Crippen LogP contribution in [-0.4, -0.2) is 0 Å². The summed E-state index contributed by atoms with van der Waals surface area (Å²) in [7, 11) is 0. The summed E-state index contributed by atoms with van der Waals surface area (Å²) in [6.07, 6.45) is 0. The van der Waals surface area contributed by atoms with Crippen LogP contribution in [0.15, 0.2) is 60.7 Å². The molecule has 0 atom stereocenters. The second-order valence-electron chi connectivity index (χ2n) is 4.30. The van der Waals surface area contributed by atoms with E-state index < -0.39 is 0 Å². The molecule has 0 bridgehead atoms. The van der Waals surface area contributed by atoms with Crippen LogP contribution in [0.1, 0.15) is 0 Å². The fourth-order valence-corrected chi connectivity index (χ4v) is 2.26. The van der Waals surface area contributed by atoms with E-state index in [1.165, 1.54) is 10.8 Å². The Morgan fingerprint density at radius 3 is 2.17 bits per heavy atom. The zero-order chi connectivity index (χ0) is 12.5. The van der Waals surface area contributed by atoms with Crippen LogP contribution in [0.5, 0.6) is 0 Å². The van der Waals surface area contributed by atoms with Crippen LogP contribution < -0.4 is 5.73 Å². The first kappa shape index (κ1) is 11.1. The van der Waals surface area contributed by atoms with Gasteiger partial charge in [-0.25, -0.2) is 0 Å². The molecular weight excluding hydrogens is 242 g/mol. The number of anilines is 1. The second kappa shape index (κ2) is 4.35. The average molecular weight is 254 g/mol. The number of halogens is 1. The number of nitrogens with two attached hydrogens (primary N) is 1. The Bertz CT molecular complexity index is 719. The van der Waals surface area contributed by atoms with Crippen LogP contribution in [0.2, 0.25) is 5.02 Å². The second-order valence-corrected chi connectivity index (χ2v) is 4.71.